The Morgan fingerprint density at radius 2 is 2.00 bits per heavy atom. The maximum Gasteiger partial charge on any atom is 0.251 e. The molecule has 2 aromatic carbocycles. The predicted molar refractivity (Wildman–Crippen MR) is 91.9 cm³/mol. The number of hydrogen-bond donors (Lipinski definition) is 1. The van der Waals surface area contributed by atoms with Gasteiger partial charge in [0.25, 0.3) is 5.91 Å². The Balaban J connectivity index is 2.16. The average molecular weight is 331 g/mol. The minimum atomic E-state index is -0.106. The highest BCUT2D eigenvalue weighted by atomic mass is 35.5. The van der Waals surface area contributed by atoms with Gasteiger partial charge in [-0.2, -0.15) is 0 Å². The molecule has 112 valence electrons. The number of nitrogens with zero attached hydrogens (tertiary/aromatic N) is 1. The summed E-state index contributed by atoms with van der Waals surface area (Å²) in [5, 5.41) is 3.35. The second-order valence-corrected chi connectivity index (χ2v) is 6.44. The third-order valence-electron chi connectivity index (χ3n) is 3.51. The van der Waals surface area contributed by atoms with Gasteiger partial charge in [-0.25, -0.2) is 0 Å². The van der Waals surface area contributed by atoms with Crippen LogP contribution in [-0.2, 0) is 0 Å². The Bertz CT molecular complexity index is 786. The number of carbonyl (C=O) groups is 1. The van der Waals surface area contributed by atoms with E-state index in [0.29, 0.717) is 10.6 Å². The van der Waals surface area contributed by atoms with Crippen molar-refractivity contribution in [2.75, 3.05) is 7.05 Å². The smallest absolute Gasteiger partial charge is 0.251 e. The van der Waals surface area contributed by atoms with Crippen LogP contribution >= 0.6 is 23.4 Å². The molecule has 1 amide bonds. The van der Waals surface area contributed by atoms with Crippen molar-refractivity contribution >= 4 is 40.7 Å². The summed E-state index contributed by atoms with van der Waals surface area (Å²) in [5.41, 5.74) is 3.50. The summed E-state index contributed by atoms with van der Waals surface area (Å²) in [4.78, 5) is 18.8. The minimum Gasteiger partial charge on any atom is -0.355 e. The number of fused-ring (bicyclic) bond motifs is 2. The Morgan fingerprint density at radius 3 is 2.73 bits per heavy atom. The maximum atomic E-state index is 11.8. The monoisotopic (exact) mass is 330 g/mol. The van der Waals surface area contributed by atoms with Crippen molar-refractivity contribution in [1.82, 2.24) is 5.32 Å². The van der Waals surface area contributed by atoms with Gasteiger partial charge in [0.1, 0.15) is 0 Å². The van der Waals surface area contributed by atoms with E-state index in [1.54, 1.807) is 18.8 Å². The van der Waals surface area contributed by atoms with Gasteiger partial charge in [-0.1, -0.05) is 30.3 Å². The quantitative estimate of drug-likeness (QED) is 0.867. The molecule has 0 aromatic heterocycles. The van der Waals surface area contributed by atoms with Crippen LogP contribution in [0, 0.1) is 0 Å². The number of halogens is 1. The molecule has 0 fully saturated rings. The lowest BCUT2D eigenvalue weighted by molar-refractivity contribution is 0.0963. The molecule has 1 aliphatic heterocycles. The Kier molecular flexibility index (Phi) is 4.23. The first-order chi connectivity index (χ1) is 10.6. The minimum absolute atomic E-state index is 0.106. The largest absolute Gasteiger partial charge is 0.355 e. The van der Waals surface area contributed by atoms with Crippen LogP contribution in [0.1, 0.15) is 29.3 Å². The third kappa shape index (κ3) is 2.76. The van der Waals surface area contributed by atoms with Crippen molar-refractivity contribution in [3.63, 3.8) is 0 Å². The molecule has 0 aliphatic carbocycles. The zero-order valence-corrected chi connectivity index (χ0v) is 13.9. The van der Waals surface area contributed by atoms with Crippen molar-refractivity contribution in [2.45, 2.75) is 23.1 Å². The van der Waals surface area contributed by atoms with Crippen LogP contribution in [0.5, 0.6) is 0 Å². The number of benzene rings is 2. The SMILES string of the molecule is CCC1=Nc2cc(C(=O)NC)ccc2Sc2ccc(Cl)cc21. The summed E-state index contributed by atoms with van der Waals surface area (Å²) < 4.78 is 0. The van der Waals surface area contributed by atoms with Gasteiger partial charge in [-0.3, -0.25) is 9.79 Å². The van der Waals surface area contributed by atoms with Crippen LogP contribution in [0.4, 0.5) is 5.69 Å². The lowest BCUT2D eigenvalue weighted by Crippen LogP contribution is -2.17. The normalized spacial score (nSPS) is 12.8. The summed E-state index contributed by atoms with van der Waals surface area (Å²) in [7, 11) is 1.63. The summed E-state index contributed by atoms with van der Waals surface area (Å²) in [6.45, 7) is 2.07. The van der Waals surface area contributed by atoms with E-state index >= 15 is 0 Å². The number of carbonyl (C=O) groups excluding carboxylic acids is 1. The highest BCUT2D eigenvalue weighted by molar-refractivity contribution is 7.99. The highest BCUT2D eigenvalue weighted by Gasteiger charge is 2.18. The lowest BCUT2D eigenvalue weighted by Gasteiger charge is -2.07. The number of aliphatic imine (C=N–C) groups is 1. The number of hydrogen-bond acceptors (Lipinski definition) is 3. The Labute approximate surface area is 138 Å². The highest BCUT2D eigenvalue weighted by Crippen LogP contribution is 2.41. The van der Waals surface area contributed by atoms with Gasteiger partial charge >= 0.3 is 0 Å². The first-order valence-electron chi connectivity index (χ1n) is 7.04. The zero-order chi connectivity index (χ0) is 15.7. The van der Waals surface area contributed by atoms with E-state index < -0.39 is 0 Å². The van der Waals surface area contributed by atoms with Crippen LogP contribution < -0.4 is 5.32 Å². The molecule has 0 unspecified atom stereocenters. The first-order valence-corrected chi connectivity index (χ1v) is 8.23. The zero-order valence-electron chi connectivity index (χ0n) is 12.3. The fourth-order valence-electron chi connectivity index (χ4n) is 2.39. The van der Waals surface area contributed by atoms with Gasteiger partial charge in [0.2, 0.25) is 0 Å². The molecule has 22 heavy (non-hydrogen) atoms. The van der Waals surface area contributed by atoms with Crippen LogP contribution in [-0.4, -0.2) is 18.7 Å². The van der Waals surface area contributed by atoms with Crippen molar-refractivity contribution in [1.29, 1.82) is 0 Å². The van der Waals surface area contributed by atoms with E-state index in [2.05, 4.69) is 12.2 Å². The Morgan fingerprint density at radius 1 is 1.23 bits per heavy atom. The molecule has 0 radical (unpaired) electrons. The van der Waals surface area contributed by atoms with E-state index in [1.165, 1.54) is 0 Å². The van der Waals surface area contributed by atoms with Crippen molar-refractivity contribution < 1.29 is 4.79 Å². The fraction of sp³-hybridized carbons (Fsp3) is 0.176. The fourth-order valence-corrected chi connectivity index (χ4v) is 3.56. The number of nitrogens with one attached hydrogen (secondary N) is 1. The van der Waals surface area contributed by atoms with Gasteiger partial charge in [-0.05, 0) is 42.8 Å². The number of amides is 1. The van der Waals surface area contributed by atoms with Gasteiger partial charge in [-0.15, -0.1) is 0 Å². The molecule has 1 N–H and O–H groups in total. The van der Waals surface area contributed by atoms with E-state index in [1.807, 2.05) is 36.4 Å². The molecular weight excluding hydrogens is 316 g/mol. The van der Waals surface area contributed by atoms with Crippen molar-refractivity contribution in [3.8, 4) is 0 Å². The summed E-state index contributed by atoms with van der Waals surface area (Å²) in [5.74, 6) is -0.106. The summed E-state index contributed by atoms with van der Waals surface area (Å²) >= 11 is 7.79. The van der Waals surface area contributed by atoms with Crippen LogP contribution in [0.15, 0.2) is 51.2 Å². The van der Waals surface area contributed by atoms with E-state index in [9.17, 15) is 4.79 Å². The molecule has 1 heterocycles. The molecule has 2 aromatic rings. The summed E-state index contributed by atoms with van der Waals surface area (Å²) in [6.07, 6.45) is 0.803. The van der Waals surface area contributed by atoms with Crippen LogP contribution in [0.25, 0.3) is 0 Å². The molecule has 0 atom stereocenters. The van der Waals surface area contributed by atoms with Gasteiger partial charge < -0.3 is 5.32 Å². The van der Waals surface area contributed by atoms with E-state index in [0.717, 1.165) is 33.2 Å². The second-order valence-electron chi connectivity index (χ2n) is 4.92. The van der Waals surface area contributed by atoms with Crippen LogP contribution in [0.2, 0.25) is 5.02 Å². The third-order valence-corrected chi connectivity index (χ3v) is 4.89. The molecule has 0 saturated carbocycles. The molecule has 0 saturated heterocycles. The van der Waals surface area contributed by atoms with Gasteiger partial charge in [0.05, 0.1) is 5.69 Å². The molecule has 0 bridgehead atoms. The maximum absolute atomic E-state index is 11.8. The van der Waals surface area contributed by atoms with E-state index in [4.69, 9.17) is 16.6 Å². The van der Waals surface area contributed by atoms with Gasteiger partial charge in [0.15, 0.2) is 0 Å². The van der Waals surface area contributed by atoms with E-state index in [-0.39, 0.29) is 5.91 Å². The molecular formula is C17H15ClN2OS. The van der Waals surface area contributed by atoms with Crippen molar-refractivity contribution in [2.24, 2.45) is 4.99 Å². The molecule has 5 heteroatoms. The molecule has 3 nitrogen and oxygen atoms in total. The lowest BCUT2D eigenvalue weighted by atomic mass is 10.1. The average Bonchev–Trinajstić information content (AvgIpc) is 2.69. The first kappa shape index (κ1) is 15.1. The van der Waals surface area contributed by atoms with Crippen molar-refractivity contribution in [3.05, 3.63) is 52.5 Å². The molecule has 0 spiro atoms. The second kappa shape index (κ2) is 6.15. The number of rotatable bonds is 2. The topological polar surface area (TPSA) is 41.5 Å². The summed E-state index contributed by atoms with van der Waals surface area (Å²) in [6, 6.07) is 11.5. The molecule has 1 aliphatic rings. The predicted octanol–water partition coefficient (Wildman–Crippen LogP) is 4.70. The standard InChI is InChI=1S/C17H15ClN2OS/c1-3-13-12-9-11(18)5-7-15(12)22-16-6-4-10(17(21)19-2)8-14(16)20-13/h4-9H,3H2,1-2H3,(H,19,21). The van der Waals surface area contributed by atoms with Crippen LogP contribution in [0.3, 0.4) is 0 Å². The Hall–Kier alpha value is -1.78. The van der Waals surface area contributed by atoms with Gasteiger partial charge in [0, 0.05) is 38.7 Å². The molecule has 3 rings (SSSR count).